The summed E-state index contributed by atoms with van der Waals surface area (Å²) in [6.07, 6.45) is 1.77. The number of aryl methyl sites for hydroxylation is 1. The van der Waals surface area contributed by atoms with Crippen molar-refractivity contribution in [3.8, 4) is 0 Å². The first-order chi connectivity index (χ1) is 16.1. The summed E-state index contributed by atoms with van der Waals surface area (Å²) < 4.78 is 29.5. The van der Waals surface area contributed by atoms with Crippen LogP contribution in [0.25, 0.3) is 0 Å². The van der Waals surface area contributed by atoms with Crippen LogP contribution >= 0.6 is 23.2 Å². The van der Waals surface area contributed by atoms with Crippen LogP contribution in [0, 0.1) is 6.92 Å². The molecule has 1 N–H and O–H groups in total. The minimum atomic E-state index is -4.12. The summed E-state index contributed by atoms with van der Waals surface area (Å²) in [4.78, 5) is 12.4. The molecule has 4 rings (SSSR count). The Balaban J connectivity index is 1.99. The molecule has 174 valence electrons. The Bertz CT molecular complexity index is 1390. The van der Waals surface area contributed by atoms with Crippen molar-refractivity contribution in [3.05, 3.63) is 105 Å². The standard InChI is InChI=1S/C25H22BCl2NO4S/c1-15-5-8-19(9-6-15)34(32,33)29-23(16-7-11-21(27)22(28)14-16)12-10-20(25(30)31)24(29)17-3-2-4-18(26)13-17/h2-11,13-14,23-24H,12,26H2,1H3,(H,30,31). The van der Waals surface area contributed by atoms with Crippen molar-refractivity contribution in [2.75, 3.05) is 0 Å². The van der Waals surface area contributed by atoms with Crippen molar-refractivity contribution in [1.29, 1.82) is 0 Å². The number of hydrogen-bond donors (Lipinski definition) is 1. The Hall–Kier alpha value is -2.58. The number of carbonyl (C=O) groups is 1. The van der Waals surface area contributed by atoms with Gasteiger partial charge < -0.3 is 5.11 Å². The Labute approximate surface area is 210 Å². The molecule has 2 atom stereocenters. The van der Waals surface area contributed by atoms with E-state index in [0.29, 0.717) is 21.2 Å². The van der Waals surface area contributed by atoms with Crippen molar-refractivity contribution in [3.63, 3.8) is 0 Å². The van der Waals surface area contributed by atoms with Crippen LogP contribution in [0.3, 0.4) is 0 Å². The molecule has 1 aliphatic rings. The summed E-state index contributed by atoms with van der Waals surface area (Å²) in [6, 6.07) is 17.0. The van der Waals surface area contributed by atoms with Gasteiger partial charge in [-0.1, -0.05) is 82.8 Å². The van der Waals surface area contributed by atoms with E-state index in [1.54, 1.807) is 60.7 Å². The molecule has 0 fully saturated rings. The lowest BCUT2D eigenvalue weighted by molar-refractivity contribution is -0.133. The van der Waals surface area contributed by atoms with Gasteiger partial charge >= 0.3 is 5.97 Å². The maximum absolute atomic E-state index is 14.1. The predicted octanol–water partition coefficient (Wildman–Crippen LogP) is 4.45. The van der Waals surface area contributed by atoms with Crippen molar-refractivity contribution >= 4 is 52.5 Å². The van der Waals surface area contributed by atoms with E-state index in [9.17, 15) is 18.3 Å². The molecule has 0 saturated heterocycles. The molecule has 0 saturated carbocycles. The fraction of sp³-hybridized carbons (Fsp3) is 0.160. The lowest BCUT2D eigenvalue weighted by Crippen LogP contribution is -2.42. The molecule has 0 aliphatic carbocycles. The first-order valence-corrected chi connectivity index (χ1v) is 12.8. The Morgan fingerprint density at radius 2 is 1.71 bits per heavy atom. The van der Waals surface area contributed by atoms with E-state index in [0.717, 1.165) is 11.0 Å². The van der Waals surface area contributed by atoms with Gasteiger partial charge in [-0.2, -0.15) is 4.31 Å². The summed E-state index contributed by atoms with van der Waals surface area (Å²) in [6.45, 7) is 1.87. The van der Waals surface area contributed by atoms with Crippen molar-refractivity contribution in [2.45, 2.75) is 30.3 Å². The minimum Gasteiger partial charge on any atom is -0.478 e. The zero-order valence-corrected chi connectivity index (χ0v) is 20.9. The van der Waals surface area contributed by atoms with E-state index in [-0.39, 0.29) is 16.9 Å². The molecule has 0 radical (unpaired) electrons. The zero-order chi connectivity index (χ0) is 24.6. The average Bonchev–Trinajstić information content (AvgIpc) is 2.80. The Morgan fingerprint density at radius 3 is 2.32 bits per heavy atom. The monoisotopic (exact) mass is 513 g/mol. The number of carboxylic acids is 1. The molecule has 3 aromatic rings. The smallest absolute Gasteiger partial charge is 0.333 e. The first kappa shape index (κ1) is 24.5. The lowest BCUT2D eigenvalue weighted by atomic mass is 9.86. The number of carboxylic acid groups (broad SMARTS) is 1. The van der Waals surface area contributed by atoms with Gasteiger partial charge in [-0.3, -0.25) is 0 Å². The van der Waals surface area contributed by atoms with Crippen molar-refractivity contribution in [1.82, 2.24) is 4.31 Å². The average molecular weight is 514 g/mol. The third-order valence-electron chi connectivity index (χ3n) is 5.95. The van der Waals surface area contributed by atoms with Gasteiger partial charge in [0, 0.05) is 0 Å². The first-order valence-electron chi connectivity index (χ1n) is 10.6. The van der Waals surface area contributed by atoms with Gasteiger partial charge in [-0.25, -0.2) is 13.2 Å². The van der Waals surface area contributed by atoms with Gasteiger partial charge in [0.2, 0.25) is 10.0 Å². The third-order valence-corrected chi connectivity index (χ3v) is 8.57. The quantitative estimate of drug-likeness (QED) is 0.511. The normalized spacial score (nSPS) is 19.0. The fourth-order valence-corrected chi connectivity index (χ4v) is 6.37. The van der Waals surface area contributed by atoms with E-state index in [4.69, 9.17) is 23.2 Å². The topological polar surface area (TPSA) is 74.7 Å². The summed E-state index contributed by atoms with van der Waals surface area (Å²) in [5.41, 5.74) is 3.03. The number of halogens is 2. The van der Waals surface area contributed by atoms with E-state index in [1.807, 2.05) is 26.9 Å². The number of sulfonamides is 1. The van der Waals surface area contributed by atoms with Crippen molar-refractivity contribution < 1.29 is 18.3 Å². The van der Waals surface area contributed by atoms with Gasteiger partial charge in [0.15, 0.2) is 0 Å². The molecule has 2 unspecified atom stereocenters. The maximum atomic E-state index is 14.1. The molecule has 0 bridgehead atoms. The summed E-state index contributed by atoms with van der Waals surface area (Å²) in [5.74, 6) is -1.16. The second kappa shape index (κ2) is 9.58. The van der Waals surface area contributed by atoms with Crippen LogP contribution in [0.2, 0.25) is 10.0 Å². The molecule has 1 heterocycles. The highest BCUT2D eigenvalue weighted by molar-refractivity contribution is 7.89. The molecule has 1 aliphatic heterocycles. The van der Waals surface area contributed by atoms with E-state index < -0.39 is 28.1 Å². The number of aliphatic carboxylic acids is 1. The summed E-state index contributed by atoms with van der Waals surface area (Å²) in [5, 5.41) is 10.7. The van der Waals surface area contributed by atoms with Gasteiger partial charge in [-0.05, 0) is 48.7 Å². The molecule has 9 heteroatoms. The number of nitrogens with zero attached hydrogens (tertiary/aromatic N) is 1. The van der Waals surface area contributed by atoms with Gasteiger partial charge in [0.1, 0.15) is 7.85 Å². The predicted molar refractivity (Wildman–Crippen MR) is 137 cm³/mol. The second-order valence-electron chi connectivity index (χ2n) is 8.35. The highest BCUT2D eigenvalue weighted by atomic mass is 35.5. The van der Waals surface area contributed by atoms with Crippen LogP contribution < -0.4 is 5.46 Å². The maximum Gasteiger partial charge on any atom is 0.333 e. The van der Waals surface area contributed by atoms with Crippen LogP contribution in [0.1, 0.15) is 35.2 Å². The van der Waals surface area contributed by atoms with E-state index >= 15 is 0 Å². The molecule has 5 nitrogen and oxygen atoms in total. The molecule has 0 aromatic heterocycles. The second-order valence-corrected chi connectivity index (χ2v) is 11.0. The van der Waals surface area contributed by atoms with Gasteiger partial charge in [0.05, 0.1) is 32.6 Å². The van der Waals surface area contributed by atoms with Crippen LogP contribution in [-0.2, 0) is 14.8 Å². The molecular formula is C25H22BCl2NO4S. The summed E-state index contributed by atoms with van der Waals surface area (Å²) >= 11 is 12.4. The summed E-state index contributed by atoms with van der Waals surface area (Å²) in [7, 11) is -2.24. The zero-order valence-electron chi connectivity index (χ0n) is 18.6. The largest absolute Gasteiger partial charge is 0.478 e. The van der Waals surface area contributed by atoms with E-state index in [1.165, 1.54) is 4.31 Å². The van der Waals surface area contributed by atoms with Crippen LogP contribution in [0.15, 0.2) is 83.3 Å². The fourth-order valence-electron chi connectivity index (χ4n) is 4.28. The Morgan fingerprint density at radius 1 is 1.00 bits per heavy atom. The SMILES string of the molecule is Bc1cccc(C2C(C(=O)O)=CCC(c3ccc(Cl)c(Cl)c3)N2S(=O)(=O)c2ccc(C)cc2)c1. The number of benzene rings is 3. The van der Waals surface area contributed by atoms with Gasteiger partial charge in [-0.15, -0.1) is 0 Å². The highest BCUT2D eigenvalue weighted by Gasteiger charge is 2.44. The van der Waals surface area contributed by atoms with Crippen molar-refractivity contribution in [2.24, 2.45) is 0 Å². The lowest BCUT2D eigenvalue weighted by Gasteiger charge is -2.40. The van der Waals surface area contributed by atoms with E-state index in [2.05, 4.69) is 0 Å². The minimum absolute atomic E-state index is 0.0117. The van der Waals surface area contributed by atoms with Crippen LogP contribution in [-0.4, -0.2) is 31.6 Å². The molecular weight excluding hydrogens is 492 g/mol. The number of rotatable bonds is 5. The number of hydrogen-bond acceptors (Lipinski definition) is 3. The molecule has 34 heavy (non-hydrogen) atoms. The highest BCUT2D eigenvalue weighted by Crippen LogP contribution is 2.46. The Kier molecular flexibility index (Phi) is 6.92. The van der Waals surface area contributed by atoms with Crippen LogP contribution in [0.5, 0.6) is 0 Å². The third kappa shape index (κ3) is 4.66. The molecule has 3 aromatic carbocycles. The van der Waals surface area contributed by atoms with Crippen LogP contribution in [0.4, 0.5) is 0 Å². The van der Waals surface area contributed by atoms with Gasteiger partial charge in [0.25, 0.3) is 0 Å². The molecule has 0 spiro atoms. The molecule has 0 amide bonds.